The van der Waals surface area contributed by atoms with Crippen molar-refractivity contribution >= 4 is 16.9 Å². The second-order valence-electron chi connectivity index (χ2n) is 5.23. The molecular weight excluding hydrogens is 278 g/mol. The quantitative estimate of drug-likeness (QED) is 0.780. The Labute approximate surface area is 128 Å². The SMILES string of the molecule is Cc1cc(-c2ccncc2)nc2cnn(CCCC(N)=O)c12. The summed E-state index contributed by atoms with van der Waals surface area (Å²) < 4.78 is 1.89. The molecule has 0 bridgehead atoms. The lowest BCUT2D eigenvalue weighted by Gasteiger charge is -2.07. The van der Waals surface area contributed by atoms with E-state index in [2.05, 4.69) is 15.1 Å². The molecule has 0 aromatic carbocycles. The molecule has 2 N–H and O–H groups in total. The molecule has 0 spiro atoms. The molecule has 0 atom stereocenters. The highest BCUT2D eigenvalue weighted by atomic mass is 16.1. The minimum absolute atomic E-state index is 0.286. The number of nitrogens with zero attached hydrogens (tertiary/aromatic N) is 4. The molecule has 0 aliphatic rings. The molecule has 112 valence electrons. The van der Waals surface area contributed by atoms with E-state index >= 15 is 0 Å². The maximum atomic E-state index is 10.8. The Morgan fingerprint density at radius 2 is 2.09 bits per heavy atom. The van der Waals surface area contributed by atoms with E-state index in [0.29, 0.717) is 19.4 Å². The molecule has 3 aromatic rings. The molecule has 3 heterocycles. The molecule has 0 fully saturated rings. The summed E-state index contributed by atoms with van der Waals surface area (Å²) in [5.41, 5.74) is 10.1. The summed E-state index contributed by atoms with van der Waals surface area (Å²) in [4.78, 5) is 19.5. The van der Waals surface area contributed by atoms with Crippen LogP contribution in [-0.4, -0.2) is 25.7 Å². The number of hydrogen-bond donors (Lipinski definition) is 1. The van der Waals surface area contributed by atoms with E-state index in [9.17, 15) is 4.79 Å². The van der Waals surface area contributed by atoms with Gasteiger partial charge in [-0.3, -0.25) is 14.5 Å². The third-order valence-electron chi connectivity index (χ3n) is 3.56. The number of rotatable bonds is 5. The Bertz CT molecular complexity index is 810. The molecule has 6 nitrogen and oxygen atoms in total. The topological polar surface area (TPSA) is 86.7 Å². The molecular formula is C16H17N5O. The van der Waals surface area contributed by atoms with Gasteiger partial charge in [0.1, 0.15) is 5.52 Å². The molecule has 6 heteroatoms. The van der Waals surface area contributed by atoms with Crippen LogP contribution in [0.2, 0.25) is 0 Å². The average molecular weight is 295 g/mol. The number of hydrogen-bond acceptors (Lipinski definition) is 4. The van der Waals surface area contributed by atoms with Gasteiger partial charge in [-0.15, -0.1) is 0 Å². The number of aromatic nitrogens is 4. The number of aryl methyl sites for hydroxylation is 2. The molecule has 0 radical (unpaired) electrons. The molecule has 3 aromatic heterocycles. The molecule has 0 aliphatic carbocycles. The first-order valence-electron chi connectivity index (χ1n) is 7.17. The van der Waals surface area contributed by atoms with Crippen molar-refractivity contribution < 1.29 is 4.79 Å². The molecule has 3 rings (SSSR count). The fourth-order valence-electron chi connectivity index (χ4n) is 2.54. The molecule has 0 aliphatic heterocycles. The second-order valence-corrected chi connectivity index (χ2v) is 5.23. The van der Waals surface area contributed by atoms with Gasteiger partial charge < -0.3 is 5.73 Å². The molecule has 22 heavy (non-hydrogen) atoms. The highest BCUT2D eigenvalue weighted by Gasteiger charge is 2.10. The minimum Gasteiger partial charge on any atom is -0.370 e. The van der Waals surface area contributed by atoms with E-state index in [1.54, 1.807) is 18.6 Å². The van der Waals surface area contributed by atoms with E-state index in [1.807, 2.05) is 29.8 Å². The number of amides is 1. The van der Waals surface area contributed by atoms with Crippen molar-refractivity contribution in [1.29, 1.82) is 0 Å². The van der Waals surface area contributed by atoms with E-state index in [1.165, 1.54) is 0 Å². The summed E-state index contributed by atoms with van der Waals surface area (Å²) in [6.45, 7) is 2.70. The summed E-state index contributed by atoms with van der Waals surface area (Å²) in [6, 6.07) is 5.92. The first-order chi connectivity index (χ1) is 10.6. The Hall–Kier alpha value is -2.76. The average Bonchev–Trinajstić information content (AvgIpc) is 2.91. The Kier molecular flexibility index (Phi) is 3.82. The monoisotopic (exact) mass is 295 g/mol. The Morgan fingerprint density at radius 1 is 1.32 bits per heavy atom. The summed E-state index contributed by atoms with van der Waals surface area (Å²) >= 11 is 0. The zero-order chi connectivity index (χ0) is 15.5. The highest BCUT2D eigenvalue weighted by molar-refractivity contribution is 5.81. The lowest BCUT2D eigenvalue weighted by molar-refractivity contribution is -0.118. The normalized spacial score (nSPS) is 11.0. The maximum absolute atomic E-state index is 10.8. The van der Waals surface area contributed by atoms with Crippen LogP contribution >= 0.6 is 0 Å². The first-order valence-corrected chi connectivity index (χ1v) is 7.17. The molecule has 0 unspecified atom stereocenters. The Balaban J connectivity index is 1.94. The number of nitrogens with two attached hydrogens (primary N) is 1. The zero-order valence-corrected chi connectivity index (χ0v) is 12.4. The largest absolute Gasteiger partial charge is 0.370 e. The van der Waals surface area contributed by atoms with Gasteiger partial charge in [0.25, 0.3) is 0 Å². The molecule has 1 amide bonds. The lowest BCUT2D eigenvalue weighted by atomic mass is 10.1. The van der Waals surface area contributed by atoms with Gasteiger partial charge in [0, 0.05) is 30.9 Å². The van der Waals surface area contributed by atoms with E-state index in [0.717, 1.165) is 27.9 Å². The maximum Gasteiger partial charge on any atom is 0.217 e. The van der Waals surface area contributed by atoms with Gasteiger partial charge in [0.15, 0.2) is 0 Å². The molecule has 0 saturated heterocycles. The molecule has 0 saturated carbocycles. The van der Waals surface area contributed by atoms with Gasteiger partial charge >= 0.3 is 0 Å². The number of pyridine rings is 2. The smallest absolute Gasteiger partial charge is 0.217 e. The lowest BCUT2D eigenvalue weighted by Crippen LogP contribution is -2.12. The van der Waals surface area contributed by atoms with Gasteiger partial charge in [0.2, 0.25) is 5.91 Å². The number of primary amides is 1. The number of fused-ring (bicyclic) bond motifs is 1. The minimum atomic E-state index is -0.286. The van der Waals surface area contributed by atoms with Crippen LogP contribution in [0.3, 0.4) is 0 Å². The van der Waals surface area contributed by atoms with Crippen molar-refractivity contribution in [2.45, 2.75) is 26.3 Å². The number of carbonyl (C=O) groups is 1. The van der Waals surface area contributed by atoms with Crippen molar-refractivity contribution in [3.63, 3.8) is 0 Å². The van der Waals surface area contributed by atoms with Crippen LogP contribution in [-0.2, 0) is 11.3 Å². The number of carbonyl (C=O) groups excluding carboxylic acids is 1. The second kappa shape index (κ2) is 5.93. The van der Waals surface area contributed by atoms with Crippen molar-refractivity contribution in [3.05, 3.63) is 42.4 Å². The van der Waals surface area contributed by atoms with Crippen LogP contribution in [0.25, 0.3) is 22.3 Å². The summed E-state index contributed by atoms with van der Waals surface area (Å²) in [5.74, 6) is -0.286. The fourth-order valence-corrected chi connectivity index (χ4v) is 2.54. The van der Waals surface area contributed by atoms with Gasteiger partial charge in [0.05, 0.1) is 17.4 Å². The predicted molar refractivity (Wildman–Crippen MR) is 83.9 cm³/mol. The van der Waals surface area contributed by atoms with Crippen LogP contribution in [0.4, 0.5) is 0 Å². The van der Waals surface area contributed by atoms with Gasteiger partial charge in [-0.25, -0.2) is 4.98 Å². The predicted octanol–water partition coefficient (Wildman–Crippen LogP) is 2.07. The van der Waals surface area contributed by atoms with Crippen molar-refractivity contribution in [2.75, 3.05) is 0 Å². The Morgan fingerprint density at radius 3 is 2.82 bits per heavy atom. The van der Waals surface area contributed by atoms with E-state index < -0.39 is 0 Å². The third-order valence-corrected chi connectivity index (χ3v) is 3.56. The van der Waals surface area contributed by atoms with Gasteiger partial charge in [-0.1, -0.05) is 0 Å². The van der Waals surface area contributed by atoms with Crippen LogP contribution in [0, 0.1) is 6.92 Å². The summed E-state index contributed by atoms with van der Waals surface area (Å²) in [6.07, 6.45) is 6.31. The zero-order valence-electron chi connectivity index (χ0n) is 12.4. The fraction of sp³-hybridized carbons (Fsp3) is 0.250. The third kappa shape index (κ3) is 2.81. The highest BCUT2D eigenvalue weighted by Crippen LogP contribution is 2.24. The van der Waals surface area contributed by atoms with Gasteiger partial charge in [-0.05, 0) is 37.1 Å². The van der Waals surface area contributed by atoms with Crippen molar-refractivity contribution in [3.8, 4) is 11.3 Å². The van der Waals surface area contributed by atoms with Crippen LogP contribution < -0.4 is 5.73 Å². The van der Waals surface area contributed by atoms with Crippen LogP contribution in [0.1, 0.15) is 18.4 Å². The summed E-state index contributed by atoms with van der Waals surface area (Å²) in [7, 11) is 0. The van der Waals surface area contributed by atoms with E-state index in [-0.39, 0.29) is 5.91 Å². The van der Waals surface area contributed by atoms with Crippen molar-refractivity contribution in [1.82, 2.24) is 19.7 Å². The standard InChI is InChI=1S/C16H17N5O/c1-11-9-13(12-4-6-18-7-5-12)20-14-10-19-21(16(11)14)8-2-3-15(17)22/h4-7,9-10H,2-3,8H2,1H3,(H2,17,22). The van der Waals surface area contributed by atoms with Crippen LogP contribution in [0.5, 0.6) is 0 Å². The van der Waals surface area contributed by atoms with E-state index in [4.69, 9.17) is 5.73 Å². The first kappa shape index (κ1) is 14.2. The van der Waals surface area contributed by atoms with Gasteiger partial charge in [-0.2, -0.15) is 5.10 Å². The van der Waals surface area contributed by atoms with Crippen LogP contribution in [0.15, 0.2) is 36.8 Å². The summed E-state index contributed by atoms with van der Waals surface area (Å²) in [5, 5.41) is 4.38. The van der Waals surface area contributed by atoms with Crippen molar-refractivity contribution in [2.24, 2.45) is 5.73 Å².